The van der Waals surface area contributed by atoms with Gasteiger partial charge in [-0.1, -0.05) is 12.8 Å². The molecule has 0 amide bonds. The van der Waals surface area contributed by atoms with E-state index < -0.39 is 10.0 Å². The molecular weight excluding hydrogens is 304 g/mol. The fourth-order valence-corrected chi connectivity index (χ4v) is 5.38. The van der Waals surface area contributed by atoms with Gasteiger partial charge in [0.05, 0.1) is 5.75 Å². The van der Waals surface area contributed by atoms with E-state index in [2.05, 4.69) is 4.72 Å². The summed E-state index contributed by atoms with van der Waals surface area (Å²) in [5, 5.41) is 0. The minimum atomic E-state index is -3.19. The van der Waals surface area contributed by atoms with Crippen LogP contribution in [0.4, 0.5) is 5.69 Å². The van der Waals surface area contributed by atoms with Crippen LogP contribution in [0.1, 0.15) is 32.6 Å². The summed E-state index contributed by atoms with van der Waals surface area (Å²) in [6.45, 7) is 1.99. The quantitative estimate of drug-likeness (QED) is 0.596. The zero-order chi connectivity index (χ0) is 15.3. The van der Waals surface area contributed by atoms with Crippen LogP contribution in [-0.2, 0) is 10.0 Å². The molecule has 1 unspecified atom stereocenters. The molecule has 0 heterocycles. The van der Waals surface area contributed by atoms with E-state index in [-0.39, 0.29) is 11.8 Å². The Balaban J connectivity index is 1.76. The summed E-state index contributed by atoms with van der Waals surface area (Å²) >= 11 is 1.54. The molecule has 0 spiro atoms. The summed E-state index contributed by atoms with van der Waals surface area (Å²) in [6, 6.07) is 7.55. The van der Waals surface area contributed by atoms with Gasteiger partial charge < -0.3 is 5.73 Å². The number of sulfonamides is 1. The molecule has 0 radical (unpaired) electrons. The van der Waals surface area contributed by atoms with Crippen molar-refractivity contribution in [2.45, 2.75) is 43.5 Å². The molecule has 4 nitrogen and oxygen atoms in total. The van der Waals surface area contributed by atoms with E-state index in [0.717, 1.165) is 23.4 Å². The fourth-order valence-electron chi connectivity index (χ4n) is 2.73. The summed E-state index contributed by atoms with van der Waals surface area (Å²) in [4.78, 5) is 1.04. The summed E-state index contributed by atoms with van der Waals surface area (Å²) in [7, 11) is -3.19. The topological polar surface area (TPSA) is 72.2 Å². The van der Waals surface area contributed by atoms with Crippen molar-refractivity contribution in [3.8, 4) is 0 Å². The largest absolute Gasteiger partial charge is 0.399 e. The monoisotopic (exact) mass is 328 g/mol. The predicted octanol–water partition coefficient (Wildman–Crippen LogP) is 2.86. The van der Waals surface area contributed by atoms with Gasteiger partial charge in [0.2, 0.25) is 10.0 Å². The van der Waals surface area contributed by atoms with Crippen LogP contribution in [0.15, 0.2) is 29.2 Å². The van der Waals surface area contributed by atoms with Gasteiger partial charge in [-0.25, -0.2) is 13.1 Å². The van der Waals surface area contributed by atoms with Crippen molar-refractivity contribution in [1.29, 1.82) is 0 Å². The zero-order valence-electron chi connectivity index (χ0n) is 12.4. The number of benzene rings is 1. The molecule has 6 heteroatoms. The number of nitrogens with two attached hydrogens (primary N) is 1. The van der Waals surface area contributed by atoms with Crippen molar-refractivity contribution < 1.29 is 8.42 Å². The number of thioether (sulfide) groups is 1. The molecule has 1 aromatic rings. The van der Waals surface area contributed by atoms with E-state index >= 15 is 0 Å². The average molecular weight is 329 g/mol. The van der Waals surface area contributed by atoms with E-state index in [4.69, 9.17) is 5.73 Å². The highest BCUT2D eigenvalue weighted by atomic mass is 32.2. The van der Waals surface area contributed by atoms with Crippen LogP contribution in [-0.4, -0.2) is 26.0 Å². The Morgan fingerprint density at radius 2 is 1.90 bits per heavy atom. The highest BCUT2D eigenvalue weighted by Crippen LogP contribution is 2.28. The smallest absolute Gasteiger partial charge is 0.212 e. The molecule has 1 saturated carbocycles. The van der Waals surface area contributed by atoms with Gasteiger partial charge in [-0.05, 0) is 49.9 Å². The Kier molecular flexibility index (Phi) is 5.96. The van der Waals surface area contributed by atoms with E-state index in [1.54, 1.807) is 11.8 Å². The van der Waals surface area contributed by atoms with Gasteiger partial charge in [-0.15, -0.1) is 11.8 Å². The highest BCUT2D eigenvalue weighted by molar-refractivity contribution is 8.00. The standard InChI is InChI=1S/C15H24N2O2S2/c1-12(13-4-2-3-5-13)17-21(18,19)11-10-20-15-8-6-14(16)7-9-15/h6-9,12-13,17H,2-5,10-11,16H2,1H3. The second kappa shape index (κ2) is 7.51. The Hall–Kier alpha value is -0.720. The maximum absolute atomic E-state index is 12.1. The molecule has 1 aliphatic carbocycles. The molecule has 0 aliphatic heterocycles. The molecular formula is C15H24N2O2S2. The molecule has 2 rings (SSSR count). The normalized spacial score (nSPS) is 18.0. The minimum absolute atomic E-state index is 0.0547. The molecule has 0 aromatic heterocycles. The molecule has 0 saturated heterocycles. The second-order valence-electron chi connectivity index (χ2n) is 5.69. The highest BCUT2D eigenvalue weighted by Gasteiger charge is 2.24. The molecule has 1 aromatic carbocycles. The van der Waals surface area contributed by atoms with Crippen LogP contribution >= 0.6 is 11.8 Å². The van der Waals surface area contributed by atoms with E-state index in [0.29, 0.717) is 11.7 Å². The number of hydrogen-bond acceptors (Lipinski definition) is 4. The first kappa shape index (κ1) is 16.6. The van der Waals surface area contributed by atoms with Crippen LogP contribution in [0, 0.1) is 5.92 Å². The maximum atomic E-state index is 12.1. The van der Waals surface area contributed by atoms with Gasteiger partial charge >= 0.3 is 0 Å². The van der Waals surface area contributed by atoms with Gasteiger partial charge in [0.1, 0.15) is 0 Å². The first-order chi connectivity index (χ1) is 9.96. The number of nitrogens with one attached hydrogen (secondary N) is 1. The lowest BCUT2D eigenvalue weighted by Crippen LogP contribution is -2.38. The van der Waals surface area contributed by atoms with Crippen LogP contribution in [0.2, 0.25) is 0 Å². The first-order valence-corrected chi connectivity index (χ1v) is 10.1. The molecule has 1 aliphatic rings. The fraction of sp³-hybridized carbons (Fsp3) is 0.600. The van der Waals surface area contributed by atoms with Crippen molar-refractivity contribution in [1.82, 2.24) is 4.72 Å². The van der Waals surface area contributed by atoms with E-state index in [1.807, 2.05) is 31.2 Å². The van der Waals surface area contributed by atoms with Crippen LogP contribution in [0.5, 0.6) is 0 Å². The Morgan fingerprint density at radius 1 is 1.29 bits per heavy atom. The van der Waals surface area contributed by atoms with Crippen molar-refractivity contribution >= 4 is 27.5 Å². The van der Waals surface area contributed by atoms with Crippen molar-refractivity contribution in [3.05, 3.63) is 24.3 Å². The van der Waals surface area contributed by atoms with Gasteiger partial charge in [-0.2, -0.15) is 0 Å². The number of nitrogen functional groups attached to an aromatic ring is 1. The number of anilines is 1. The Bertz CT molecular complexity index is 537. The maximum Gasteiger partial charge on any atom is 0.212 e. The first-order valence-electron chi connectivity index (χ1n) is 7.44. The molecule has 1 atom stereocenters. The van der Waals surface area contributed by atoms with Gasteiger partial charge in [-0.3, -0.25) is 0 Å². The zero-order valence-corrected chi connectivity index (χ0v) is 14.1. The average Bonchev–Trinajstić information content (AvgIpc) is 2.94. The SMILES string of the molecule is CC(NS(=O)(=O)CCSc1ccc(N)cc1)C1CCCC1. The molecule has 1 fully saturated rings. The predicted molar refractivity (Wildman–Crippen MR) is 89.9 cm³/mol. The molecule has 21 heavy (non-hydrogen) atoms. The lowest BCUT2D eigenvalue weighted by Gasteiger charge is -2.20. The summed E-state index contributed by atoms with van der Waals surface area (Å²) in [6.07, 6.45) is 4.74. The molecule has 0 bridgehead atoms. The Labute approximate surface area is 131 Å². The lowest BCUT2D eigenvalue weighted by molar-refractivity contribution is 0.424. The number of rotatable bonds is 7. The summed E-state index contributed by atoms with van der Waals surface area (Å²) in [5.41, 5.74) is 6.35. The summed E-state index contributed by atoms with van der Waals surface area (Å²) in [5.74, 6) is 1.21. The van der Waals surface area contributed by atoms with Gasteiger partial charge in [0.25, 0.3) is 0 Å². The summed E-state index contributed by atoms with van der Waals surface area (Å²) < 4.78 is 27.0. The van der Waals surface area contributed by atoms with E-state index in [1.165, 1.54) is 12.8 Å². The van der Waals surface area contributed by atoms with Crippen molar-refractivity contribution in [2.24, 2.45) is 5.92 Å². The minimum Gasteiger partial charge on any atom is -0.399 e. The van der Waals surface area contributed by atoms with Crippen LogP contribution < -0.4 is 10.5 Å². The third kappa shape index (κ3) is 5.52. The molecule has 3 N–H and O–H groups in total. The molecule has 118 valence electrons. The third-order valence-electron chi connectivity index (χ3n) is 3.97. The third-order valence-corrected chi connectivity index (χ3v) is 6.72. The lowest BCUT2D eigenvalue weighted by atomic mass is 10.0. The van der Waals surface area contributed by atoms with Crippen molar-refractivity contribution in [2.75, 3.05) is 17.2 Å². The van der Waals surface area contributed by atoms with Crippen LogP contribution in [0.25, 0.3) is 0 Å². The van der Waals surface area contributed by atoms with Crippen molar-refractivity contribution in [3.63, 3.8) is 0 Å². The number of hydrogen-bond donors (Lipinski definition) is 2. The van der Waals surface area contributed by atoms with Gasteiger partial charge in [0.15, 0.2) is 0 Å². The van der Waals surface area contributed by atoms with Gasteiger partial charge in [0, 0.05) is 22.4 Å². The second-order valence-corrected chi connectivity index (χ2v) is 8.73. The Morgan fingerprint density at radius 3 is 2.52 bits per heavy atom. The van der Waals surface area contributed by atoms with E-state index in [9.17, 15) is 8.42 Å². The van der Waals surface area contributed by atoms with Crippen LogP contribution in [0.3, 0.4) is 0 Å².